The molecule has 0 radical (unpaired) electrons. The average Bonchev–Trinajstić information content (AvgIpc) is 3.12. The van der Waals surface area contributed by atoms with Gasteiger partial charge in [-0.25, -0.2) is 9.97 Å². The molecule has 2 heterocycles. The molecule has 0 unspecified atom stereocenters. The third kappa shape index (κ3) is 4.30. The fraction of sp³-hybridized carbons (Fsp3) is 0.188. The van der Waals surface area contributed by atoms with Crippen molar-refractivity contribution in [1.29, 1.82) is 0 Å². The lowest BCUT2D eigenvalue weighted by molar-refractivity contribution is 0.962. The van der Waals surface area contributed by atoms with E-state index in [1.165, 1.54) is 0 Å². The number of nitrogens with one attached hydrogen (secondary N) is 3. The lowest BCUT2D eigenvalue weighted by Crippen LogP contribution is -2.09. The van der Waals surface area contributed by atoms with E-state index in [1.54, 1.807) is 12.5 Å². The first-order chi connectivity index (χ1) is 11.7. The Morgan fingerprint density at radius 2 is 2.00 bits per heavy atom. The third-order valence-electron chi connectivity index (χ3n) is 3.43. The summed E-state index contributed by atoms with van der Waals surface area (Å²) >= 11 is 3.46. The molecule has 0 aliphatic heterocycles. The zero-order chi connectivity index (χ0) is 16.8. The number of aromatic nitrogens is 4. The van der Waals surface area contributed by atoms with E-state index in [4.69, 9.17) is 5.73 Å². The lowest BCUT2D eigenvalue weighted by atomic mass is 10.2. The number of benzene rings is 1. The van der Waals surface area contributed by atoms with Gasteiger partial charge in [0.1, 0.15) is 5.82 Å². The Bertz CT molecular complexity index is 772. The van der Waals surface area contributed by atoms with Gasteiger partial charge in [-0.3, -0.25) is 0 Å². The van der Waals surface area contributed by atoms with Crippen LogP contribution >= 0.6 is 15.9 Å². The van der Waals surface area contributed by atoms with Gasteiger partial charge >= 0.3 is 0 Å². The molecule has 3 rings (SSSR count). The van der Waals surface area contributed by atoms with Crippen LogP contribution in [0.3, 0.4) is 0 Å². The van der Waals surface area contributed by atoms with Gasteiger partial charge in [-0.15, -0.1) is 0 Å². The van der Waals surface area contributed by atoms with Crippen molar-refractivity contribution in [3.63, 3.8) is 0 Å². The van der Waals surface area contributed by atoms with Gasteiger partial charge in [0.05, 0.1) is 10.8 Å². The van der Waals surface area contributed by atoms with Crippen molar-refractivity contribution in [2.24, 2.45) is 5.73 Å². The predicted octanol–water partition coefficient (Wildman–Crippen LogP) is 2.82. The zero-order valence-corrected chi connectivity index (χ0v) is 14.5. The minimum Gasteiger partial charge on any atom is -0.369 e. The molecule has 0 aliphatic rings. The van der Waals surface area contributed by atoms with Crippen molar-refractivity contribution in [2.45, 2.75) is 13.0 Å². The van der Waals surface area contributed by atoms with Crippen molar-refractivity contribution in [3.8, 4) is 0 Å². The SMILES string of the molecule is NCc1ccc(Nc2ncc(Br)c(NCCc3cnc[nH]3)n2)cc1. The van der Waals surface area contributed by atoms with E-state index in [9.17, 15) is 0 Å². The molecule has 0 amide bonds. The second-order valence-corrected chi connectivity index (χ2v) is 6.02. The Hall–Kier alpha value is -2.45. The largest absolute Gasteiger partial charge is 0.369 e. The van der Waals surface area contributed by atoms with Gasteiger partial charge in [0.15, 0.2) is 0 Å². The molecule has 0 atom stereocenters. The van der Waals surface area contributed by atoms with E-state index in [0.717, 1.165) is 40.2 Å². The number of nitrogens with two attached hydrogens (primary N) is 1. The van der Waals surface area contributed by atoms with Crippen LogP contribution in [0.1, 0.15) is 11.3 Å². The quantitative estimate of drug-likeness (QED) is 0.496. The summed E-state index contributed by atoms with van der Waals surface area (Å²) in [6.45, 7) is 1.27. The number of rotatable bonds is 7. The van der Waals surface area contributed by atoms with E-state index in [-0.39, 0.29) is 0 Å². The predicted molar refractivity (Wildman–Crippen MR) is 98.1 cm³/mol. The van der Waals surface area contributed by atoms with Crippen molar-refractivity contribution in [3.05, 3.63) is 58.7 Å². The Labute approximate surface area is 148 Å². The van der Waals surface area contributed by atoms with E-state index in [0.29, 0.717) is 12.5 Å². The van der Waals surface area contributed by atoms with E-state index >= 15 is 0 Å². The van der Waals surface area contributed by atoms with Crippen LogP contribution in [0.4, 0.5) is 17.5 Å². The summed E-state index contributed by atoms with van der Waals surface area (Å²) in [5.74, 6) is 1.27. The number of hydrogen-bond donors (Lipinski definition) is 4. The molecular weight excluding hydrogens is 370 g/mol. The van der Waals surface area contributed by atoms with Gasteiger partial charge in [0, 0.05) is 43.3 Å². The molecule has 2 aromatic heterocycles. The summed E-state index contributed by atoms with van der Waals surface area (Å²) in [7, 11) is 0. The molecule has 5 N–H and O–H groups in total. The van der Waals surface area contributed by atoms with Gasteiger partial charge < -0.3 is 21.4 Å². The second-order valence-electron chi connectivity index (χ2n) is 5.17. The molecule has 3 aromatic rings. The smallest absolute Gasteiger partial charge is 0.229 e. The molecule has 24 heavy (non-hydrogen) atoms. The normalized spacial score (nSPS) is 10.6. The first-order valence-corrected chi connectivity index (χ1v) is 8.33. The summed E-state index contributed by atoms with van der Waals surface area (Å²) < 4.78 is 0.816. The van der Waals surface area contributed by atoms with E-state index < -0.39 is 0 Å². The standard InChI is InChI=1S/C16H18BrN7/c17-14-9-21-16(23-12-3-1-11(7-18)2-4-12)24-15(14)20-6-5-13-8-19-10-22-13/h1-4,8-10H,5-7,18H2,(H,19,22)(H2,20,21,23,24). The zero-order valence-electron chi connectivity index (χ0n) is 13.0. The Balaban J connectivity index is 1.63. The van der Waals surface area contributed by atoms with Crippen molar-refractivity contribution < 1.29 is 0 Å². The second kappa shape index (κ2) is 7.89. The van der Waals surface area contributed by atoms with Gasteiger partial charge in [-0.05, 0) is 33.6 Å². The summed E-state index contributed by atoms with van der Waals surface area (Å²) in [6, 6.07) is 7.87. The number of nitrogens with zero attached hydrogens (tertiary/aromatic N) is 3. The first-order valence-electron chi connectivity index (χ1n) is 7.54. The van der Waals surface area contributed by atoms with Gasteiger partial charge in [0.2, 0.25) is 5.95 Å². The monoisotopic (exact) mass is 387 g/mol. The Kier molecular flexibility index (Phi) is 5.39. The molecular formula is C16H18BrN7. The maximum absolute atomic E-state index is 5.61. The molecule has 7 nitrogen and oxygen atoms in total. The van der Waals surface area contributed by atoms with Crippen molar-refractivity contribution in [2.75, 3.05) is 17.2 Å². The highest BCUT2D eigenvalue weighted by Gasteiger charge is 2.06. The van der Waals surface area contributed by atoms with Crippen LogP contribution in [0.5, 0.6) is 0 Å². The number of imidazole rings is 1. The Morgan fingerprint density at radius 3 is 2.71 bits per heavy atom. The molecule has 1 aromatic carbocycles. The minimum absolute atomic E-state index is 0.527. The van der Waals surface area contributed by atoms with Crippen LogP contribution in [0.15, 0.2) is 47.5 Å². The topological polar surface area (TPSA) is 105 Å². The highest BCUT2D eigenvalue weighted by Crippen LogP contribution is 2.22. The first kappa shape index (κ1) is 16.4. The van der Waals surface area contributed by atoms with E-state index in [2.05, 4.69) is 46.5 Å². The molecule has 0 bridgehead atoms. The molecule has 0 fully saturated rings. The van der Waals surface area contributed by atoms with Crippen LogP contribution in [0.2, 0.25) is 0 Å². The van der Waals surface area contributed by atoms with Crippen molar-refractivity contribution >= 4 is 33.4 Å². The third-order valence-corrected chi connectivity index (χ3v) is 4.01. The summed E-state index contributed by atoms with van der Waals surface area (Å²) in [4.78, 5) is 15.9. The minimum atomic E-state index is 0.527. The maximum atomic E-state index is 5.61. The molecule has 124 valence electrons. The summed E-state index contributed by atoms with van der Waals surface area (Å²) in [5.41, 5.74) is 8.68. The molecule has 0 spiro atoms. The van der Waals surface area contributed by atoms with E-state index in [1.807, 2.05) is 30.5 Å². The van der Waals surface area contributed by atoms with Gasteiger partial charge in [-0.1, -0.05) is 12.1 Å². The number of H-pyrrole nitrogens is 1. The molecule has 0 aliphatic carbocycles. The molecule has 0 saturated carbocycles. The fourth-order valence-electron chi connectivity index (χ4n) is 2.14. The molecule has 0 saturated heterocycles. The molecule has 8 heteroatoms. The van der Waals surface area contributed by atoms with Crippen LogP contribution in [0.25, 0.3) is 0 Å². The highest BCUT2D eigenvalue weighted by atomic mass is 79.9. The van der Waals surface area contributed by atoms with Crippen LogP contribution in [-0.2, 0) is 13.0 Å². The number of aromatic amines is 1. The van der Waals surface area contributed by atoms with Gasteiger partial charge in [0.25, 0.3) is 0 Å². The van der Waals surface area contributed by atoms with Crippen LogP contribution in [-0.4, -0.2) is 26.5 Å². The maximum Gasteiger partial charge on any atom is 0.229 e. The number of halogens is 1. The average molecular weight is 388 g/mol. The van der Waals surface area contributed by atoms with Crippen molar-refractivity contribution in [1.82, 2.24) is 19.9 Å². The van der Waals surface area contributed by atoms with Crippen LogP contribution in [0, 0.1) is 0 Å². The van der Waals surface area contributed by atoms with Crippen LogP contribution < -0.4 is 16.4 Å². The number of hydrogen-bond acceptors (Lipinski definition) is 6. The highest BCUT2D eigenvalue weighted by molar-refractivity contribution is 9.10. The number of anilines is 3. The Morgan fingerprint density at radius 1 is 1.17 bits per heavy atom. The fourth-order valence-corrected chi connectivity index (χ4v) is 2.47. The summed E-state index contributed by atoms with van der Waals surface area (Å²) in [5, 5.41) is 6.48. The van der Waals surface area contributed by atoms with Gasteiger partial charge in [-0.2, -0.15) is 4.98 Å². The summed E-state index contributed by atoms with van der Waals surface area (Å²) in [6.07, 6.45) is 6.05. The lowest BCUT2D eigenvalue weighted by Gasteiger charge is -2.10.